The van der Waals surface area contributed by atoms with Crippen LogP contribution in [0, 0.1) is 18.6 Å². The van der Waals surface area contributed by atoms with Crippen molar-refractivity contribution in [2.24, 2.45) is 0 Å². The summed E-state index contributed by atoms with van der Waals surface area (Å²) < 4.78 is 28.3. The molecule has 0 radical (unpaired) electrons. The van der Waals surface area contributed by atoms with Crippen molar-refractivity contribution < 1.29 is 13.6 Å². The molecule has 0 aliphatic rings. The van der Waals surface area contributed by atoms with Gasteiger partial charge in [0.1, 0.15) is 0 Å². The number of amides is 1. The molecule has 5 nitrogen and oxygen atoms in total. The summed E-state index contributed by atoms with van der Waals surface area (Å²) in [5.74, 6) is -1.81. The maximum absolute atomic E-state index is 13.4. The molecule has 0 aliphatic heterocycles. The maximum atomic E-state index is 13.4. The van der Waals surface area contributed by atoms with Crippen LogP contribution in [0.15, 0.2) is 71.9 Å². The fourth-order valence-corrected chi connectivity index (χ4v) is 3.95. The maximum Gasteiger partial charge on any atom is 0.234 e. The van der Waals surface area contributed by atoms with Crippen LogP contribution in [0.5, 0.6) is 0 Å². The molecule has 4 aromatic rings. The third-order valence-corrected chi connectivity index (χ3v) is 5.71. The van der Waals surface area contributed by atoms with E-state index in [0.717, 1.165) is 28.9 Å². The zero-order chi connectivity index (χ0) is 22.7. The third-order valence-electron chi connectivity index (χ3n) is 4.54. The first-order valence-corrected chi connectivity index (χ1v) is 10.9. The average molecular weight is 471 g/mol. The van der Waals surface area contributed by atoms with E-state index in [4.69, 9.17) is 11.6 Å². The van der Waals surface area contributed by atoms with Crippen molar-refractivity contribution in [2.75, 3.05) is 11.1 Å². The van der Waals surface area contributed by atoms with Crippen molar-refractivity contribution in [3.63, 3.8) is 0 Å². The lowest BCUT2D eigenvalue weighted by atomic mass is 10.2. The van der Waals surface area contributed by atoms with Gasteiger partial charge in [0.25, 0.3) is 0 Å². The number of nitrogens with one attached hydrogen (secondary N) is 1. The topological polar surface area (TPSA) is 59.8 Å². The molecule has 0 spiro atoms. The van der Waals surface area contributed by atoms with Gasteiger partial charge < -0.3 is 5.32 Å². The molecule has 1 N–H and O–H groups in total. The molecule has 1 amide bonds. The van der Waals surface area contributed by atoms with Gasteiger partial charge in [0.2, 0.25) is 5.91 Å². The molecule has 0 atom stereocenters. The Kier molecular flexibility index (Phi) is 6.53. The first-order chi connectivity index (χ1) is 15.4. The standard InChI is InChI=1S/C23H17ClF2N4OS/c1-14-5-8-18(9-6-14)30-22(15-3-2-4-16(24)11-15)28-29-23(30)32-13-21(31)27-17-7-10-19(25)20(26)12-17/h2-12H,13H2,1H3,(H,27,31). The van der Waals surface area contributed by atoms with E-state index in [0.29, 0.717) is 16.0 Å². The Morgan fingerprint density at radius 3 is 2.53 bits per heavy atom. The lowest BCUT2D eigenvalue weighted by Crippen LogP contribution is -2.15. The molecule has 1 aromatic heterocycles. The van der Waals surface area contributed by atoms with Crippen molar-refractivity contribution >= 4 is 35.0 Å². The predicted octanol–water partition coefficient (Wildman–Crippen LogP) is 5.91. The Morgan fingerprint density at radius 2 is 1.81 bits per heavy atom. The Hall–Kier alpha value is -3.23. The Bertz CT molecular complexity index is 1280. The number of carbonyl (C=O) groups is 1. The first kappa shape index (κ1) is 22.0. The fourth-order valence-electron chi connectivity index (χ4n) is 3.01. The molecule has 9 heteroatoms. The predicted molar refractivity (Wildman–Crippen MR) is 122 cm³/mol. The summed E-state index contributed by atoms with van der Waals surface area (Å²) in [4.78, 5) is 12.4. The number of thioether (sulfide) groups is 1. The summed E-state index contributed by atoms with van der Waals surface area (Å²) in [6, 6.07) is 18.3. The van der Waals surface area contributed by atoms with Gasteiger partial charge in [-0.3, -0.25) is 9.36 Å². The van der Waals surface area contributed by atoms with Gasteiger partial charge in [0.05, 0.1) is 5.75 Å². The smallest absolute Gasteiger partial charge is 0.234 e. The van der Waals surface area contributed by atoms with Crippen LogP contribution in [0.3, 0.4) is 0 Å². The normalized spacial score (nSPS) is 10.9. The SMILES string of the molecule is Cc1ccc(-n2c(SCC(=O)Nc3ccc(F)c(F)c3)nnc2-c2cccc(Cl)c2)cc1. The van der Waals surface area contributed by atoms with E-state index in [9.17, 15) is 13.6 Å². The van der Waals surface area contributed by atoms with E-state index < -0.39 is 11.6 Å². The summed E-state index contributed by atoms with van der Waals surface area (Å²) in [6.45, 7) is 1.99. The summed E-state index contributed by atoms with van der Waals surface area (Å²) in [7, 11) is 0. The van der Waals surface area contributed by atoms with Gasteiger partial charge >= 0.3 is 0 Å². The third kappa shape index (κ3) is 4.98. The molecular weight excluding hydrogens is 454 g/mol. The quantitative estimate of drug-likeness (QED) is 0.356. The van der Waals surface area contributed by atoms with Crippen LogP contribution in [-0.2, 0) is 4.79 Å². The van der Waals surface area contributed by atoms with Gasteiger partial charge in [-0.1, -0.05) is 53.2 Å². The lowest BCUT2D eigenvalue weighted by Gasteiger charge is -2.11. The van der Waals surface area contributed by atoms with Gasteiger partial charge in [-0.2, -0.15) is 0 Å². The van der Waals surface area contributed by atoms with Crippen LogP contribution in [0.4, 0.5) is 14.5 Å². The molecule has 32 heavy (non-hydrogen) atoms. The number of carbonyl (C=O) groups excluding carboxylic acids is 1. The van der Waals surface area contributed by atoms with Crippen LogP contribution < -0.4 is 5.32 Å². The molecule has 0 saturated heterocycles. The Balaban J connectivity index is 1.60. The van der Waals surface area contributed by atoms with E-state index in [2.05, 4.69) is 15.5 Å². The number of hydrogen-bond donors (Lipinski definition) is 1. The number of aryl methyl sites for hydroxylation is 1. The van der Waals surface area contributed by atoms with Crippen molar-refractivity contribution in [3.05, 3.63) is 89.0 Å². The molecule has 4 rings (SSSR count). The highest BCUT2D eigenvalue weighted by molar-refractivity contribution is 7.99. The summed E-state index contributed by atoms with van der Waals surface area (Å²) in [5.41, 5.74) is 2.89. The number of hydrogen-bond acceptors (Lipinski definition) is 4. The van der Waals surface area contributed by atoms with Gasteiger partial charge in [-0.15, -0.1) is 10.2 Å². The highest BCUT2D eigenvalue weighted by atomic mass is 35.5. The van der Waals surface area contributed by atoms with Gasteiger partial charge in [-0.25, -0.2) is 8.78 Å². The molecule has 3 aromatic carbocycles. The van der Waals surface area contributed by atoms with Gasteiger partial charge in [0, 0.05) is 28.0 Å². The van der Waals surface area contributed by atoms with E-state index in [1.54, 1.807) is 12.1 Å². The minimum Gasteiger partial charge on any atom is -0.325 e. The zero-order valence-electron chi connectivity index (χ0n) is 16.8. The second-order valence-electron chi connectivity index (χ2n) is 6.95. The van der Waals surface area contributed by atoms with Crippen LogP contribution in [-0.4, -0.2) is 26.4 Å². The number of rotatable bonds is 6. The molecular formula is C23H17ClF2N4OS. The molecule has 0 aliphatic carbocycles. The molecule has 0 fully saturated rings. The Labute approximate surface area is 192 Å². The van der Waals surface area contributed by atoms with Crippen LogP contribution in [0.25, 0.3) is 17.1 Å². The second kappa shape index (κ2) is 9.50. The fraction of sp³-hybridized carbons (Fsp3) is 0.0870. The largest absolute Gasteiger partial charge is 0.325 e. The van der Waals surface area contributed by atoms with Gasteiger partial charge in [0.15, 0.2) is 22.6 Å². The monoisotopic (exact) mass is 470 g/mol. The highest BCUT2D eigenvalue weighted by Crippen LogP contribution is 2.29. The number of benzene rings is 3. The van der Waals surface area contributed by atoms with Crippen molar-refractivity contribution in [3.8, 4) is 17.1 Å². The molecule has 0 saturated carbocycles. The molecule has 1 heterocycles. The van der Waals surface area contributed by atoms with E-state index >= 15 is 0 Å². The first-order valence-electron chi connectivity index (χ1n) is 9.57. The summed E-state index contributed by atoms with van der Waals surface area (Å²) in [5, 5.41) is 12.2. The van der Waals surface area contributed by atoms with E-state index in [1.165, 1.54) is 17.8 Å². The molecule has 0 unspecified atom stereocenters. The van der Waals surface area contributed by atoms with Crippen molar-refractivity contribution in [1.29, 1.82) is 0 Å². The highest BCUT2D eigenvalue weighted by Gasteiger charge is 2.18. The van der Waals surface area contributed by atoms with Gasteiger partial charge in [-0.05, 0) is 43.3 Å². The minimum atomic E-state index is -1.03. The van der Waals surface area contributed by atoms with Crippen LogP contribution in [0.2, 0.25) is 5.02 Å². The average Bonchev–Trinajstić information content (AvgIpc) is 3.19. The minimum absolute atomic E-state index is 0.00145. The van der Waals surface area contributed by atoms with Crippen molar-refractivity contribution in [2.45, 2.75) is 12.1 Å². The summed E-state index contributed by atoms with van der Waals surface area (Å²) >= 11 is 7.33. The number of aromatic nitrogens is 3. The number of nitrogens with zero attached hydrogens (tertiary/aromatic N) is 3. The second-order valence-corrected chi connectivity index (χ2v) is 8.33. The van der Waals surface area contributed by atoms with Crippen molar-refractivity contribution in [1.82, 2.24) is 14.8 Å². The van der Waals surface area contributed by atoms with E-state index in [1.807, 2.05) is 47.9 Å². The zero-order valence-corrected chi connectivity index (χ0v) is 18.4. The number of halogens is 3. The summed E-state index contributed by atoms with van der Waals surface area (Å²) in [6.07, 6.45) is 0. The molecule has 162 valence electrons. The van der Waals surface area contributed by atoms with Crippen LogP contribution in [0.1, 0.15) is 5.56 Å². The Morgan fingerprint density at radius 1 is 1.03 bits per heavy atom. The lowest BCUT2D eigenvalue weighted by molar-refractivity contribution is -0.113. The number of anilines is 1. The van der Waals surface area contributed by atoms with Crippen LogP contribution >= 0.6 is 23.4 Å². The molecule has 0 bridgehead atoms. The van der Waals surface area contributed by atoms with E-state index in [-0.39, 0.29) is 17.3 Å².